The molecule has 0 saturated carbocycles. The van der Waals surface area contributed by atoms with Crippen molar-refractivity contribution in [3.05, 3.63) is 34.9 Å². The summed E-state index contributed by atoms with van der Waals surface area (Å²) in [6.45, 7) is 4.80. The smallest absolute Gasteiger partial charge is 0.326 e. The minimum atomic E-state index is -1.24. The highest BCUT2D eigenvalue weighted by Gasteiger charge is 2.28. The summed E-state index contributed by atoms with van der Waals surface area (Å²) in [7, 11) is 0. The number of carbonyl (C=O) groups is 2. The van der Waals surface area contributed by atoms with E-state index in [2.05, 4.69) is 5.32 Å². The number of halogens is 2. The number of carboxylic acid groups (broad SMARTS) is 1. The van der Waals surface area contributed by atoms with Crippen molar-refractivity contribution in [3.8, 4) is 0 Å². The fourth-order valence-corrected chi connectivity index (χ4v) is 1.76. The number of carbonyl (C=O) groups excluding carboxylic acids is 1. The normalized spacial score (nSPS) is 13.7. The van der Waals surface area contributed by atoms with Gasteiger partial charge in [-0.15, -0.1) is 0 Å². The molecule has 0 aromatic heterocycles. The molecule has 1 amide bonds. The van der Waals surface area contributed by atoms with Crippen LogP contribution in [0.5, 0.6) is 0 Å². The second-order valence-electron chi connectivity index (χ2n) is 4.73. The largest absolute Gasteiger partial charge is 0.480 e. The fourth-order valence-electron chi connectivity index (χ4n) is 1.76. The SMILES string of the molecule is CC[C@H](C)[C@H](NC(=O)c1c(F)ccc(C)c1F)C(=O)O. The average molecular weight is 285 g/mol. The van der Waals surface area contributed by atoms with Crippen molar-refractivity contribution in [1.82, 2.24) is 5.32 Å². The van der Waals surface area contributed by atoms with E-state index in [9.17, 15) is 18.4 Å². The van der Waals surface area contributed by atoms with Crippen LogP contribution in [0.1, 0.15) is 36.2 Å². The maximum atomic E-state index is 13.8. The summed E-state index contributed by atoms with van der Waals surface area (Å²) in [5.74, 6) is -4.64. The average Bonchev–Trinajstić information content (AvgIpc) is 2.39. The number of benzene rings is 1. The second-order valence-corrected chi connectivity index (χ2v) is 4.73. The molecule has 6 heteroatoms. The van der Waals surface area contributed by atoms with Gasteiger partial charge in [0, 0.05) is 0 Å². The first-order chi connectivity index (χ1) is 9.29. The van der Waals surface area contributed by atoms with Crippen molar-refractivity contribution in [2.75, 3.05) is 0 Å². The van der Waals surface area contributed by atoms with Crippen molar-refractivity contribution in [3.63, 3.8) is 0 Å². The van der Waals surface area contributed by atoms with Crippen LogP contribution in [0.15, 0.2) is 12.1 Å². The Morgan fingerprint density at radius 1 is 1.35 bits per heavy atom. The number of hydrogen-bond donors (Lipinski definition) is 2. The Balaban J connectivity index is 3.07. The van der Waals surface area contributed by atoms with Crippen molar-refractivity contribution in [2.24, 2.45) is 5.92 Å². The van der Waals surface area contributed by atoms with Crippen LogP contribution in [-0.4, -0.2) is 23.0 Å². The Kier molecular flexibility index (Phi) is 5.19. The van der Waals surface area contributed by atoms with E-state index < -0.39 is 35.1 Å². The molecule has 0 radical (unpaired) electrons. The first kappa shape index (κ1) is 16.1. The van der Waals surface area contributed by atoms with Gasteiger partial charge < -0.3 is 10.4 Å². The summed E-state index contributed by atoms with van der Waals surface area (Å²) in [6, 6.07) is 1.00. The summed E-state index contributed by atoms with van der Waals surface area (Å²) in [4.78, 5) is 23.0. The van der Waals surface area contributed by atoms with Gasteiger partial charge in [0.1, 0.15) is 23.2 Å². The Bertz CT molecular complexity index is 531. The monoisotopic (exact) mass is 285 g/mol. The molecule has 0 aliphatic heterocycles. The van der Waals surface area contributed by atoms with E-state index >= 15 is 0 Å². The van der Waals surface area contributed by atoms with Crippen LogP contribution in [0.3, 0.4) is 0 Å². The molecule has 0 aliphatic rings. The van der Waals surface area contributed by atoms with Crippen LogP contribution in [0, 0.1) is 24.5 Å². The third-order valence-corrected chi connectivity index (χ3v) is 3.28. The lowest BCUT2D eigenvalue weighted by Crippen LogP contribution is -2.45. The molecule has 0 heterocycles. The van der Waals surface area contributed by atoms with E-state index in [1.54, 1.807) is 13.8 Å². The molecule has 0 aliphatic carbocycles. The number of rotatable bonds is 5. The Morgan fingerprint density at radius 2 is 1.95 bits per heavy atom. The minimum absolute atomic E-state index is 0.118. The molecule has 110 valence electrons. The van der Waals surface area contributed by atoms with E-state index in [0.29, 0.717) is 6.42 Å². The van der Waals surface area contributed by atoms with Gasteiger partial charge in [0.25, 0.3) is 5.91 Å². The lowest BCUT2D eigenvalue weighted by Gasteiger charge is -2.20. The highest BCUT2D eigenvalue weighted by atomic mass is 19.1. The zero-order chi connectivity index (χ0) is 15.4. The summed E-state index contributed by atoms with van der Waals surface area (Å²) in [5, 5.41) is 11.2. The molecular formula is C14H17F2NO3. The number of aryl methyl sites for hydroxylation is 1. The standard InChI is InChI=1S/C14H17F2NO3/c1-4-7(2)12(14(19)20)17-13(18)10-9(15)6-5-8(3)11(10)16/h5-7,12H,4H2,1-3H3,(H,17,18)(H,19,20)/t7-,12-/m0/s1. The van der Waals surface area contributed by atoms with Crippen molar-refractivity contribution in [2.45, 2.75) is 33.2 Å². The first-order valence-corrected chi connectivity index (χ1v) is 6.27. The van der Waals surface area contributed by atoms with Gasteiger partial charge in [-0.05, 0) is 24.5 Å². The maximum Gasteiger partial charge on any atom is 0.326 e. The summed E-state index contributed by atoms with van der Waals surface area (Å²) < 4.78 is 27.4. The Labute approximate surface area is 115 Å². The van der Waals surface area contributed by atoms with Gasteiger partial charge in [0.15, 0.2) is 0 Å². The van der Waals surface area contributed by atoms with Gasteiger partial charge in [0.05, 0.1) is 0 Å². The fraction of sp³-hybridized carbons (Fsp3) is 0.429. The number of hydrogen-bond acceptors (Lipinski definition) is 2. The number of amides is 1. The molecule has 0 fully saturated rings. The third kappa shape index (κ3) is 3.31. The topological polar surface area (TPSA) is 66.4 Å². The molecule has 2 atom stereocenters. The molecule has 0 bridgehead atoms. The molecular weight excluding hydrogens is 268 g/mol. The van der Waals surface area contributed by atoms with E-state index in [-0.39, 0.29) is 11.5 Å². The highest BCUT2D eigenvalue weighted by molar-refractivity contribution is 5.97. The van der Waals surface area contributed by atoms with Crippen molar-refractivity contribution >= 4 is 11.9 Å². The van der Waals surface area contributed by atoms with Crippen LogP contribution < -0.4 is 5.32 Å². The van der Waals surface area contributed by atoms with Crippen molar-refractivity contribution in [1.29, 1.82) is 0 Å². The van der Waals surface area contributed by atoms with Crippen LogP contribution in [-0.2, 0) is 4.79 Å². The van der Waals surface area contributed by atoms with E-state index in [0.717, 1.165) is 6.07 Å². The number of carboxylic acids is 1. The van der Waals surface area contributed by atoms with Crippen LogP contribution >= 0.6 is 0 Å². The van der Waals surface area contributed by atoms with Gasteiger partial charge in [0.2, 0.25) is 0 Å². The second kappa shape index (κ2) is 6.45. The molecule has 1 aromatic rings. The van der Waals surface area contributed by atoms with Gasteiger partial charge in [-0.2, -0.15) is 0 Å². The summed E-state index contributed by atoms with van der Waals surface area (Å²) >= 11 is 0. The van der Waals surface area contributed by atoms with Gasteiger partial charge in [-0.3, -0.25) is 4.79 Å². The predicted octanol–water partition coefficient (Wildman–Crippen LogP) is 2.50. The number of nitrogens with one attached hydrogen (secondary N) is 1. The summed E-state index contributed by atoms with van der Waals surface area (Å²) in [6.07, 6.45) is 0.510. The predicted molar refractivity (Wildman–Crippen MR) is 69.4 cm³/mol. The van der Waals surface area contributed by atoms with Crippen LogP contribution in [0.2, 0.25) is 0 Å². The summed E-state index contributed by atoms with van der Waals surface area (Å²) in [5.41, 5.74) is -0.633. The molecule has 20 heavy (non-hydrogen) atoms. The molecule has 0 spiro atoms. The molecule has 0 saturated heterocycles. The lowest BCUT2D eigenvalue weighted by atomic mass is 9.98. The molecule has 0 unspecified atom stereocenters. The zero-order valence-electron chi connectivity index (χ0n) is 11.5. The Morgan fingerprint density at radius 3 is 2.45 bits per heavy atom. The van der Waals surface area contributed by atoms with Gasteiger partial charge >= 0.3 is 5.97 Å². The molecule has 2 N–H and O–H groups in total. The minimum Gasteiger partial charge on any atom is -0.480 e. The van der Waals surface area contributed by atoms with E-state index in [1.165, 1.54) is 13.0 Å². The van der Waals surface area contributed by atoms with E-state index in [4.69, 9.17) is 5.11 Å². The number of aliphatic carboxylic acids is 1. The zero-order valence-corrected chi connectivity index (χ0v) is 11.5. The molecule has 1 rings (SSSR count). The highest BCUT2D eigenvalue weighted by Crippen LogP contribution is 2.17. The van der Waals surface area contributed by atoms with Crippen molar-refractivity contribution < 1.29 is 23.5 Å². The van der Waals surface area contributed by atoms with Gasteiger partial charge in [-0.1, -0.05) is 26.3 Å². The lowest BCUT2D eigenvalue weighted by molar-refractivity contribution is -0.140. The quantitative estimate of drug-likeness (QED) is 0.873. The maximum absolute atomic E-state index is 13.8. The van der Waals surface area contributed by atoms with Gasteiger partial charge in [-0.25, -0.2) is 13.6 Å². The third-order valence-electron chi connectivity index (χ3n) is 3.28. The first-order valence-electron chi connectivity index (χ1n) is 6.27. The molecule has 1 aromatic carbocycles. The van der Waals surface area contributed by atoms with Crippen LogP contribution in [0.25, 0.3) is 0 Å². The van der Waals surface area contributed by atoms with Crippen LogP contribution in [0.4, 0.5) is 8.78 Å². The molecule has 4 nitrogen and oxygen atoms in total. The van der Waals surface area contributed by atoms with E-state index in [1.807, 2.05) is 0 Å². The Hall–Kier alpha value is -1.98.